The second-order valence-electron chi connectivity index (χ2n) is 5.13. The van der Waals surface area contributed by atoms with Gasteiger partial charge in [-0.1, -0.05) is 13.8 Å². The van der Waals surface area contributed by atoms with Gasteiger partial charge < -0.3 is 10.4 Å². The number of nitrogens with zero attached hydrogens (tertiary/aromatic N) is 1. The molecule has 0 aromatic heterocycles. The third-order valence-corrected chi connectivity index (χ3v) is 3.77. The van der Waals surface area contributed by atoms with Crippen LogP contribution in [0.5, 0.6) is 0 Å². The number of nitro benzene ring substituents is 1. The molecule has 0 saturated carbocycles. The summed E-state index contributed by atoms with van der Waals surface area (Å²) in [6.07, 6.45) is 0.364. The highest BCUT2D eigenvalue weighted by atomic mass is 32.2. The van der Waals surface area contributed by atoms with Gasteiger partial charge in [-0.3, -0.25) is 14.9 Å². The normalized spacial score (nSPS) is 12.0. The second-order valence-corrected chi connectivity index (χ2v) is 6.18. The van der Waals surface area contributed by atoms with Gasteiger partial charge in [0.1, 0.15) is 6.04 Å². The first-order valence-electron chi connectivity index (χ1n) is 6.69. The first-order chi connectivity index (χ1) is 10.3. The molecule has 2 N–H and O–H groups in total. The van der Waals surface area contributed by atoms with Crippen LogP contribution >= 0.6 is 11.8 Å². The minimum absolute atomic E-state index is 0.0170. The number of non-ortho nitro benzene ring substituents is 1. The largest absolute Gasteiger partial charge is 0.480 e. The Kier molecular flexibility index (Phi) is 6.84. The van der Waals surface area contributed by atoms with Crippen LogP contribution in [0, 0.1) is 16.0 Å². The molecule has 0 aliphatic heterocycles. The van der Waals surface area contributed by atoms with E-state index in [9.17, 15) is 19.7 Å². The Morgan fingerprint density at radius 3 is 2.36 bits per heavy atom. The Morgan fingerprint density at radius 1 is 1.32 bits per heavy atom. The summed E-state index contributed by atoms with van der Waals surface area (Å²) in [5.74, 6) is -1.22. The summed E-state index contributed by atoms with van der Waals surface area (Å²) in [7, 11) is 0. The zero-order valence-electron chi connectivity index (χ0n) is 12.3. The molecular formula is C14H18N2O5S. The molecule has 1 aromatic rings. The number of amides is 1. The van der Waals surface area contributed by atoms with Gasteiger partial charge >= 0.3 is 5.97 Å². The fraction of sp³-hybridized carbons (Fsp3) is 0.429. The first-order valence-corrected chi connectivity index (χ1v) is 7.67. The maximum Gasteiger partial charge on any atom is 0.326 e. The highest BCUT2D eigenvalue weighted by Gasteiger charge is 2.20. The maximum atomic E-state index is 11.8. The molecule has 0 fully saturated rings. The lowest BCUT2D eigenvalue weighted by Gasteiger charge is -2.16. The fourth-order valence-corrected chi connectivity index (χ4v) is 2.45. The van der Waals surface area contributed by atoms with Crippen molar-refractivity contribution in [2.45, 2.75) is 31.2 Å². The molecule has 1 unspecified atom stereocenters. The third-order valence-electron chi connectivity index (χ3n) is 2.76. The number of carboxylic acid groups (broad SMARTS) is 1. The van der Waals surface area contributed by atoms with E-state index in [1.54, 1.807) is 12.1 Å². The summed E-state index contributed by atoms with van der Waals surface area (Å²) in [4.78, 5) is 33.6. The van der Waals surface area contributed by atoms with Crippen LogP contribution in [0.1, 0.15) is 20.3 Å². The second kappa shape index (κ2) is 8.38. The van der Waals surface area contributed by atoms with Gasteiger partial charge in [0.25, 0.3) is 5.69 Å². The molecule has 0 aliphatic carbocycles. The number of hydrogen-bond acceptors (Lipinski definition) is 5. The first kappa shape index (κ1) is 18.0. The summed E-state index contributed by atoms with van der Waals surface area (Å²) in [6, 6.07) is 4.93. The molecule has 0 bridgehead atoms. The van der Waals surface area contributed by atoms with Gasteiger partial charge in [0.05, 0.1) is 10.7 Å². The van der Waals surface area contributed by atoms with Crippen LogP contribution in [-0.4, -0.2) is 33.7 Å². The standard InChI is InChI=1S/C14H18N2O5S/c1-9(2)7-12(14(18)19)15-13(17)8-22-11-5-3-10(4-6-11)16(20)21/h3-6,9,12H,7-8H2,1-2H3,(H,15,17)(H,18,19). The number of carboxylic acids is 1. The maximum absolute atomic E-state index is 11.8. The number of nitrogens with one attached hydrogen (secondary N) is 1. The molecule has 1 atom stereocenters. The Bertz CT molecular complexity index is 545. The number of carbonyl (C=O) groups is 2. The topological polar surface area (TPSA) is 110 Å². The Hall–Kier alpha value is -2.09. The highest BCUT2D eigenvalue weighted by Crippen LogP contribution is 2.21. The lowest BCUT2D eigenvalue weighted by Crippen LogP contribution is -2.42. The Morgan fingerprint density at radius 2 is 1.91 bits per heavy atom. The van der Waals surface area contributed by atoms with E-state index in [-0.39, 0.29) is 23.3 Å². The molecule has 1 aromatic carbocycles. The highest BCUT2D eigenvalue weighted by molar-refractivity contribution is 8.00. The number of thioether (sulfide) groups is 1. The van der Waals surface area contributed by atoms with Gasteiger partial charge in [-0.15, -0.1) is 11.8 Å². The molecule has 7 nitrogen and oxygen atoms in total. The Balaban J connectivity index is 2.51. The van der Waals surface area contributed by atoms with E-state index in [4.69, 9.17) is 5.11 Å². The predicted octanol–water partition coefficient (Wildman–Crippen LogP) is 2.30. The molecule has 0 aliphatic rings. The van der Waals surface area contributed by atoms with Crippen molar-refractivity contribution in [1.82, 2.24) is 5.32 Å². The van der Waals surface area contributed by atoms with Crippen LogP contribution in [0.3, 0.4) is 0 Å². The van der Waals surface area contributed by atoms with Crippen molar-refractivity contribution in [3.63, 3.8) is 0 Å². The van der Waals surface area contributed by atoms with Crippen molar-refractivity contribution in [3.8, 4) is 0 Å². The minimum atomic E-state index is -1.05. The van der Waals surface area contributed by atoms with Gasteiger partial charge in [0, 0.05) is 17.0 Å². The average Bonchev–Trinajstić information content (AvgIpc) is 2.44. The van der Waals surface area contributed by atoms with Gasteiger partial charge in [-0.05, 0) is 24.5 Å². The van der Waals surface area contributed by atoms with Crippen molar-refractivity contribution in [2.75, 3.05) is 5.75 Å². The van der Waals surface area contributed by atoms with Gasteiger partial charge in [0.2, 0.25) is 5.91 Å². The summed E-state index contributed by atoms with van der Waals surface area (Å²) < 4.78 is 0. The van der Waals surface area contributed by atoms with E-state index in [1.807, 2.05) is 13.8 Å². The number of hydrogen-bond donors (Lipinski definition) is 2. The van der Waals surface area contributed by atoms with E-state index in [0.29, 0.717) is 11.3 Å². The van der Waals surface area contributed by atoms with Gasteiger partial charge in [-0.2, -0.15) is 0 Å². The molecule has 1 amide bonds. The van der Waals surface area contributed by atoms with E-state index in [1.165, 1.54) is 23.9 Å². The lowest BCUT2D eigenvalue weighted by atomic mass is 10.0. The molecular weight excluding hydrogens is 308 g/mol. The molecule has 0 radical (unpaired) electrons. The van der Waals surface area contributed by atoms with Crippen molar-refractivity contribution >= 4 is 29.3 Å². The van der Waals surface area contributed by atoms with E-state index in [0.717, 1.165) is 0 Å². The van der Waals surface area contributed by atoms with E-state index < -0.39 is 16.9 Å². The van der Waals surface area contributed by atoms with E-state index >= 15 is 0 Å². The molecule has 120 valence electrons. The van der Waals surface area contributed by atoms with Crippen molar-refractivity contribution < 1.29 is 19.6 Å². The third kappa shape index (κ3) is 6.13. The number of carbonyl (C=O) groups excluding carboxylic acids is 1. The van der Waals surface area contributed by atoms with Crippen LogP contribution in [0.25, 0.3) is 0 Å². The molecule has 0 spiro atoms. The monoisotopic (exact) mass is 326 g/mol. The predicted molar refractivity (Wildman–Crippen MR) is 82.8 cm³/mol. The van der Waals surface area contributed by atoms with Crippen molar-refractivity contribution in [1.29, 1.82) is 0 Å². The van der Waals surface area contributed by atoms with E-state index in [2.05, 4.69) is 5.32 Å². The molecule has 1 rings (SSSR count). The summed E-state index contributed by atoms with van der Waals surface area (Å²) in [6.45, 7) is 3.77. The average molecular weight is 326 g/mol. The van der Waals surface area contributed by atoms with Gasteiger partial charge in [-0.25, -0.2) is 4.79 Å². The Labute approximate surface area is 132 Å². The zero-order valence-corrected chi connectivity index (χ0v) is 13.1. The lowest BCUT2D eigenvalue weighted by molar-refractivity contribution is -0.384. The molecule has 22 heavy (non-hydrogen) atoms. The fourth-order valence-electron chi connectivity index (χ4n) is 1.74. The SMILES string of the molecule is CC(C)CC(NC(=O)CSc1ccc([N+](=O)[O-])cc1)C(=O)O. The molecule has 0 saturated heterocycles. The summed E-state index contributed by atoms with van der Waals surface area (Å²) >= 11 is 1.19. The number of aliphatic carboxylic acids is 1. The van der Waals surface area contributed by atoms with Crippen molar-refractivity contribution in [2.24, 2.45) is 5.92 Å². The van der Waals surface area contributed by atoms with Crippen LogP contribution in [0.2, 0.25) is 0 Å². The number of nitro groups is 1. The number of benzene rings is 1. The molecule has 0 heterocycles. The van der Waals surface area contributed by atoms with Crippen molar-refractivity contribution in [3.05, 3.63) is 34.4 Å². The van der Waals surface area contributed by atoms with Gasteiger partial charge in [0.15, 0.2) is 0 Å². The van der Waals surface area contributed by atoms with Crippen LogP contribution in [0.4, 0.5) is 5.69 Å². The van der Waals surface area contributed by atoms with Crippen LogP contribution in [-0.2, 0) is 9.59 Å². The molecule has 8 heteroatoms. The van der Waals surface area contributed by atoms with Crippen LogP contribution < -0.4 is 5.32 Å². The number of rotatable bonds is 8. The summed E-state index contributed by atoms with van der Waals surface area (Å²) in [5, 5.41) is 22.1. The summed E-state index contributed by atoms with van der Waals surface area (Å²) in [5.41, 5.74) is -0.0170. The minimum Gasteiger partial charge on any atom is -0.480 e. The quantitative estimate of drug-likeness (QED) is 0.431. The van der Waals surface area contributed by atoms with Crippen LogP contribution in [0.15, 0.2) is 29.2 Å². The smallest absolute Gasteiger partial charge is 0.326 e. The zero-order chi connectivity index (χ0) is 16.7.